The van der Waals surface area contributed by atoms with Gasteiger partial charge in [0.15, 0.2) is 10.9 Å². The molecule has 1 amide bonds. The lowest BCUT2D eigenvalue weighted by Gasteiger charge is -2.16. The quantitative estimate of drug-likeness (QED) is 0.409. The molecule has 4 aromatic rings. The average Bonchev–Trinajstić information content (AvgIpc) is 3.19. The first-order valence-electron chi connectivity index (χ1n) is 9.51. The second kappa shape index (κ2) is 8.80. The summed E-state index contributed by atoms with van der Waals surface area (Å²) >= 11 is 5.28. The van der Waals surface area contributed by atoms with Gasteiger partial charge >= 0.3 is 0 Å². The fraction of sp³-hybridized carbons (Fsp3) is 0.0833. The third kappa shape index (κ3) is 4.67. The van der Waals surface area contributed by atoms with E-state index in [1.54, 1.807) is 6.07 Å². The van der Waals surface area contributed by atoms with E-state index in [1.165, 1.54) is 0 Å². The highest BCUT2D eigenvalue weighted by atomic mass is 32.1. The van der Waals surface area contributed by atoms with E-state index in [0.717, 1.165) is 10.9 Å². The number of carbonyl (C=O) groups is 1. The monoisotopic (exact) mass is 416 g/mol. The van der Waals surface area contributed by atoms with Crippen LogP contribution in [0.2, 0.25) is 0 Å². The van der Waals surface area contributed by atoms with Gasteiger partial charge in [0.05, 0.1) is 0 Å². The lowest BCUT2D eigenvalue weighted by Crippen LogP contribution is -2.33. The van der Waals surface area contributed by atoms with Crippen LogP contribution in [0.3, 0.4) is 0 Å². The average molecular weight is 417 g/mol. The number of nitrogens with one attached hydrogen (secondary N) is 2. The van der Waals surface area contributed by atoms with Crippen molar-refractivity contribution in [1.29, 1.82) is 0 Å². The molecule has 0 bridgehead atoms. The number of amides is 1. The molecule has 0 fully saturated rings. The second-order valence-corrected chi connectivity index (χ2v) is 7.16. The van der Waals surface area contributed by atoms with Crippen LogP contribution >= 0.6 is 12.2 Å². The van der Waals surface area contributed by atoms with Gasteiger partial charge in [-0.25, -0.2) is 0 Å². The Labute approximate surface area is 179 Å². The predicted molar refractivity (Wildman–Crippen MR) is 122 cm³/mol. The molecule has 1 heterocycles. The van der Waals surface area contributed by atoms with E-state index in [-0.39, 0.29) is 17.0 Å². The Morgan fingerprint density at radius 3 is 2.53 bits per heavy atom. The number of ether oxygens (including phenoxy) is 1. The highest BCUT2D eigenvalue weighted by Crippen LogP contribution is 2.24. The molecule has 0 aliphatic heterocycles. The zero-order chi connectivity index (χ0) is 20.9. The van der Waals surface area contributed by atoms with Gasteiger partial charge in [-0.3, -0.25) is 10.1 Å². The van der Waals surface area contributed by atoms with E-state index < -0.39 is 5.91 Å². The number of furan rings is 1. The van der Waals surface area contributed by atoms with E-state index in [9.17, 15) is 4.79 Å². The van der Waals surface area contributed by atoms with Crippen molar-refractivity contribution in [2.45, 2.75) is 13.0 Å². The van der Waals surface area contributed by atoms with Gasteiger partial charge in [0, 0.05) is 17.1 Å². The summed E-state index contributed by atoms with van der Waals surface area (Å²) in [6, 6.07) is 26.5. The molecular formula is C24H20N2O3S. The molecule has 0 saturated carbocycles. The number of anilines is 1. The van der Waals surface area contributed by atoms with Gasteiger partial charge in [-0.05, 0) is 49.0 Å². The molecule has 0 saturated heterocycles. The van der Waals surface area contributed by atoms with Crippen molar-refractivity contribution < 1.29 is 13.9 Å². The minimum atomic E-state index is -0.409. The van der Waals surface area contributed by atoms with Crippen molar-refractivity contribution >= 4 is 39.9 Å². The van der Waals surface area contributed by atoms with Crippen LogP contribution in [-0.4, -0.2) is 11.0 Å². The molecule has 30 heavy (non-hydrogen) atoms. The molecule has 5 nitrogen and oxygen atoms in total. The van der Waals surface area contributed by atoms with Crippen LogP contribution < -0.4 is 15.4 Å². The van der Waals surface area contributed by atoms with Crippen LogP contribution in [-0.2, 0) is 0 Å². The van der Waals surface area contributed by atoms with Gasteiger partial charge in [0.2, 0.25) is 0 Å². The van der Waals surface area contributed by atoms with Crippen molar-refractivity contribution in [2.75, 3.05) is 5.32 Å². The van der Waals surface area contributed by atoms with Gasteiger partial charge < -0.3 is 14.5 Å². The summed E-state index contributed by atoms with van der Waals surface area (Å²) in [6.07, 6.45) is -0.0961. The van der Waals surface area contributed by atoms with Gasteiger partial charge in [-0.15, -0.1) is 0 Å². The highest BCUT2D eigenvalue weighted by molar-refractivity contribution is 7.80. The number of carbonyl (C=O) groups excluding carboxylic acids is 1. The van der Waals surface area contributed by atoms with Crippen LogP contribution in [0.5, 0.6) is 5.75 Å². The van der Waals surface area contributed by atoms with Gasteiger partial charge in [0.25, 0.3) is 5.91 Å². The minimum absolute atomic E-state index is 0.0961. The molecule has 1 atom stereocenters. The number of fused-ring (bicyclic) bond motifs is 1. The third-order valence-corrected chi connectivity index (χ3v) is 4.75. The highest BCUT2D eigenvalue weighted by Gasteiger charge is 2.14. The lowest BCUT2D eigenvalue weighted by atomic mass is 10.1. The first-order chi connectivity index (χ1) is 14.6. The van der Waals surface area contributed by atoms with Crippen molar-refractivity contribution in [3.8, 4) is 5.75 Å². The zero-order valence-corrected chi connectivity index (χ0v) is 17.1. The molecule has 0 aliphatic carbocycles. The van der Waals surface area contributed by atoms with E-state index in [4.69, 9.17) is 21.4 Å². The Morgan fingerprint density at radius 2 is 1.73 bits per heavy atom. The molecule has 1 aromatic heterocycles. The summed E-state index contributed by atoms with van der Waals surface area (Å²) in [5.41, 5.74) is 2.45. The number of hydrogen-bond acceptors (Lipinski definition) is 4. The van der Waals surface area contributed by atoms with Crippen LogP contribution in [0.1, 0.15) is 29.1 Å². The first kappa shape index (κ1) is 19.7. The number of thiocarbonyl (C=S) groups is 1. The second-order valence-electron chi connectivity index (χ2n) is 6.76. The van der Waals surface area contributed by atoms with Crippen LogP contribution in [0.15, 0.2) is 89.3 Å². The normalized spacial score (nSPS) is 11.6. The van der Waals surface area contributed by atoms with Crippen molar-refractivity contribution in [3.05, 3.63) is 96.3 Å². The maximum absolute atomic E-state index is 12.4. The Kier molecular flexibility index (Phi) is 5.77. The van der Waals surface area contributed by atoms with E-state index >= 15 is 0 Å². The Morgan fingerprint density at radius 1 is 0.967 bits per heavy atom. The number of benzene rings is 3. The fourth-order valence-electron chi connectivity index (χ4n) is 3.06. The number of hydrogen-bond donors (Lipinski definition) is 2. The zero-order valence-electron chi connectivity index (χ0n) is 16.3. The van der Waals surface area contributed by atoms with Gasteiger partial charge in [-0.1, -0.05) is 54.6 Å². The summed E-state index contributed by atoms with van der Waals surface area (Å²) in [5, 5.41) is 6.68. The predicted octanol–water partition coefficient (Wildman–Crippen LogP) is 5.70. The Balaban J connectivity index is 1.38. The summed E-state index contributed by atoms with van der Waals surface area (Å²) in [6.45, 7) is 1.99. The first-order valence-corrected chi connectivity index (χ1v) is 9.92. The maximum Gasteiger partial charge on any atom is 0.293 e. The Hall–Kier alpha value is -3.64. The number of rotatable bonds is 5. The van der Waals surface area contributed by atoms with Crippen molar-refractivity contribution in [3.63, 3.8) is 0 Å². The SMILES string of the molecule is CC(Oc1cccc(NC(=S)NC(=O)c2cc3ccccc3o2)c1)c1ccccc1. The maximum atomic E-state index is 12.4. The largest absolute Gasteiger partial charge is 0.486 e. The molecule has 0 radical (unpaired) electrons. The Bertz CT molecular complexity index is 1150. The molecule has 150 valence electrons. The molecule has 3 aromatic carbocycles. The molecule has 1 unspecified atom stereocenters. The lowest BCUT2D eigenvalue weighted by molar-refractivity contribution is 0.0953. The van der Waals surface area contributed by atoms with E-state index in [1.807, 2.05) is 85.8 Å². The topological polar surface area (TPSA) is 63.5 Å². The molecule has 2 N–H and O–H groups in total. The van der Waals surface area contributed by atoms with Crippen LogP contribution in [0.25, 0.3) is 11.0 Å². The van der Waals surface area contributed by atoms with E-state index in [2.05, 4.69) is 10.6 Å². The van der Waals surface area contributed by atoms with Crippen molar-refractivity contribution in [2.24, 2.45) is 0 Å². The van der Waals surface area contributed by atoms with Crippen LogP contribution in [0.4, 0.5) is 5.69 Å². The summed E-state index contributed by atoms with van der Waals surface area (Å²) in [7, 11) is 0. The molecule has 4 rings (SSSR count). The van der Waals surface area contributed by atoms with Gasteiger partial charge in [0.1, 0.15) is 17.4 Å². The standard InChI is InChI=1S/C24H20N2O3S/c1-16(17-8-3-2-4-9-17)28-20-12-7-11-19(15-20)25-24(30)26-23(27)22-14-18-10-5-6-13-21(18)29-22/h2-16H,1H3,(H2,25,26,27,30). The summed E-state index contributed by atoms with van der Waals surface area (Å²) < 4.78 is 11.6. The molecule has 6 heteroatoms. The molecule has 0 aliphatic rings. The van der Waals surface area contributed by atoms with Crippen molar-refractivity contribution in [1.82, 2.24) is 5.32 Å². The smallest absolute Gasteiger partial charge is 0.293 e. The summed E-state index contributed by atoms with van der Waals surface area (Å²) in [5.74, 6) is 0.491. The van der Waals surface area contributed by atoms with Gasteiger partial charge in [-0.2, -0.15) is 0 Å². The fourth-order valence-corrected chi connectivity index (χ4v) is 3.27. The molecular weight excluding hydrogens is 396 g/mol. The van der Waals surface area contributed by atoms with E-state index in [0.29, 0.717) is 17.0 Å². The van der Waals surface area contributed by atoms with Crippen LogP contribution in [0, 0.1) is 0 Å². The minimum Gasteiger partial charge on any atom is -0.486 e. The third-order valence-electron chi connectivity index (χ3n) is 4.55. The molecule has 0 spiro atoms. The summed E-state index contributed by atoms with van der Waals surface area (Å²) in [4.78, 5) is 12.4. The number of para-hydroxylation sites is 1.